The quantitative estimate of drug-likeness (QED) is 0.277. The minimum atomic E-state index is -0.563. The molecule has 1 aromatic heterocycles. The van der Waals surface area contributed by atoms with Crippen LogP contribution >= 0.6 is 11.3 Å². The number of carbonyl (C=O) groups excluding carboxylic acids is 1. The van der Waals surface area contributed by atoms with Crippen LogP contribution in [0.1, 0.15) is 35.5 Å². The fourth-order valence-electron chi connectivity index (χ4n) is 3.58. The Labute approximate surface area is 197 Å². The van der Waals surface area contributed by atoms with E-state index in [1.165, 1.54) is 28.4 Å². The average molecular weight is 461 g/mol. The molecule has 1 amide bonds. The molecule has 168 valence electrons. The summed E-state index contributed by atoms with van der Waals surface area (Å²) in [6.45, 7) is 4.57. The van der Waals surface area contributed by atoms with Crippen molar-refractivity contribution >= 4 is 28.1 Å². The number of hydrogen-bond donors (Lipinski definition) is 0. The lowest BCUT2D eigenvalue weighted by Gasteiger charge is -2.21. The Bertz CT molecular complexity index is 1220. The van der Waals surface area contributed by atoms with Gasteiger partial charge in [0.25, 0.3) is 5.91 Å². The normalized spacial score (nSPS) is 10.8. The van der Waals surface area contributed by atoms with Crippen LogP contribution in [0.15, 0.2) is 78.9 Å². The van der Waals surface area contributed by atoms with Crippen molar-refractivity contribution in [3.63, 3.8) is 0 Å². The molecule has 4 rings (SSSR count). The molecule has 0 bridgehead atoms. The third-order valence-corrected chi connectivity index (χ3v) is 6.22. The van der Waals surface area contributed by atoms with Gasteiger partial charge in [0.15, 0.2) is 5.13 Å². The summed E-state index contributed by atoms with van der Waals surface area (Å²) in [5.74, 6) is -0.323. The van der Waals surface area contributed by atoms with E-state index in [0.29, 0.717) is 23.2 Å². The van der Waals surface area contributed by atoms with E-state index in [-0.39, 0.29) is 5.56 Å². The highest BCUT2D eigenvalue weighted by Crippen LogP contribution is 2.38. The van der Waals surface area contributed by atoms with Crippen molar-refractivity contribution < 1.29 is 13.9 Å². The van der Waals surface area contributed by atoms with E-state index in [9.17, 15) is 9.18 Å². The molecule has 0 aliphatic rings. The second-order valence-electron chi connectivity index (χ2n) is 7.43. The number of benzene rings is 3. The van der Waals surface area contributed by atoms with Gasteiger partial charge in [-0.15, -0.1) is 11.3 Å². The van der Waals surface area contributed by atoms with Crippen molar-refractivity contribution in [1.29, 1.82) is 0 Å². The summed E-state index contributed by atoms with van der Waals surface area (Å²) in [6, 6.07) is 23.2. The number of aryl methyl sites for hydroxylation is 1. The highest BCUT2D eigenvalue weighted by molar-refractivity contribution is 7.16. The van der Waals surface area contributed by atoms with Crippen LogP contribution < -0.4 is 9.64 Å². The van der Waals surface area contributed by atoms with Crippen LogP contribution in [0.5, 0.6) is 5.75 Å². The van der Waals surface area contributed by atoms with Crippen LogP contribution in [0.3, 0.4) is 0 Å². The molecule has 1 heterocycles. The maximum atomic E-state index is 14.6. The summed E-state index contributed by atoms with van der Waals surface area (Å²) in [5, 5.41) is 0.509. The van der Waals surface area contributed by atoms with E-state index in [0.717, 1.165) is 29.0 Å². The van der Waals surface area contributed by atoms with Crippen molar-refractivity contribution in [3.05, 3.63) is 95.1 Å². The van der Waals surface area contributed by atoms with Crippen LogP contribution in [-0.4, -0.2) is 17.5 Å². The van der Waals surface area contributed by atoms with E-state index in [1.807, 2.05) is 37.3 Å². The van der Waals surface area contributed by atoms with Gasteiger partial charge in [-0.25, -0.2) is 9.37 Å². The van der Waals surface area contributed by atoms with Crippen molar-refractivity contribution in [2.24, 2.45) is 0 Å². The maximum absolute atomic E-state index is 14.6. The summed E-state index contributed by atoms with van der Waals surface area (Å²) in [5.41, 5.74) is 2.45. The second-order valence-corrected chi connectivity index (χ2v) is 8.49. The standard InChI is InChI=1S/C27H25FN2O2S/c1-3-10-24-25(19-11-6-5-7-12-19)29-27(33-24)30(20-15-17-21(18-16-20)32-4-2)26(31)22-13-8-9-14-23(22)28/h5-9,11-18H,3-4,10H2,1-2H3. The number of anilines is 2. The number of nitrogens with zero attached hydrogens (tertiary/aromatic N) is 2. The van der Waals surface area contributed by atoms with Crippen molar-refractivity contribution in [3.8, 4) is 17.0 Å². The van der Waals surface area contributed by atoms with Gasteiger partial charge in [0.1, 0.15) is 11.6 Å². The fraction of sp³-hybridized carbons (Fsp3) is 0.185. The lowest BCUT2D eigenvalue weighted by molar-refractivity contribution is 0.0995. The Morgan fingerprint density at radius 1 is 0.970 bits per heavy atom. The Kier molecular flexibility index (Phi) is 7.15. The molecule has 0 radical (unpaired) electrons. The Balaban J connectivity index is 1.84. The van der Waals surface area contributed by atoms with Gasteiger partial charge in [0.05, 0.1) is 23.6 Å². The topological polar surface area (TPSA) is 42.4 Å². The third kappa shape index (κ3) is 4.96. The SMILES string of the molecule is CCCc1sc(N(C(=O)c2ccccc2F)c2ccc(OCC)cc2)nc1-c1ccccc1. The Morgan fingerprint density at radius 3 is 2.33 bits per heavy atom. The largest absolute Gasteiger partial charge is 0.494 e. The summed E-state index contributed by atoms with van der Waals surface area (Å²) in [6.07, 6.45) is 1.79. The molecule has 0 saturated carbocycles. The molecule has 4 aromatic rings. The van der Waals surface area contributed by atoms with Gasteiger partial charge in [-0.2, -0.15) is 0 Å². The monoisotopic (exact) mass is 460 g/mol. The van der Waals surface area contributed by atoms with Gasteiger partial charge in [-0.3, -0.25) is 9.69 Å². The Hall–Kier alpha value is -3.51. The maximum Gasteiger partial charge on any atom is 0.267 e. The molecule has 3 aromatic carbocycles. The summed E-state index contributed by atoms with van der Waals surface area (Å²) in [4.78, 5) is 21.1. The molecule has 33 heavy (non-hydrogen) atoms. The van der Waals surface area contributed by atoms with Gasteiger partial charge >= 0.3 is 0 Å². The molecule has 0 unspecified atom stereocenters. The third-order valence-electron chi connectivity index (χ3n) is 5.11. The number of hydrogen-bond acceptors (Lipinski definition) is 4. The number of carbonyl (C=O) groups is 1. The second kappa shape index (κ2) is 10.4. The Morgan fingerprint density at radius 2 is 1.67 bits per heavy atom. The highest BCUT2D eigenvalue weighted by atomic mass is 32.1. The zero-order valence-corrected chi connectivity index (χ0v) is 19.4. The van der Waals surface area contributed by atoms with E-state index >= 15 is 0 Å². The fourth-order valence-corrected chi connectivity index (χ4v) is 4.78. The molecule has 0 N–H and O–H groups in total. The van der Waals surface area contributed by atoms with E-state index < -0.39 is 11.7 Å². The van der Waals surface area contributed by atoms with E-state index in [2.05, 4.69) is 6.92 Å². The number of thiazole rings is 1. The minimum Gasteiger partial charge on any atom is -0.494 e. The molecule has 6 heteroatoms. The zero-order chi connectivity index (χ0) is 23.2. The van der Waals surface area contributed by atoms with Gasteiger partial charge in [-0.05, 0) is 49.7 Å². The van der Waals surface area contributed by atoms with Crippen molar-refractivity contribution in [2.45, 2.75) is 26.7 Å². The number of halogens is 1. The van der Waals surface area contributed by atoms with Crippen molar-refractivity contribution in [1.82, 2.24) is 4.98 Å². The predicted octanol–water partition coefficient (Wildman–Crippen LogP) is 7.28. The molecule has 0 aliphatic heterocycles. The predicted molar refractivity (Wildman–Crippen MR) is 132 cm³/mol. The molecule has 0 atom stereocenters. The zero-order valence-electron chi connectivity index (χ0n) is 18.6. The molecule has 4 nitrogen and oxygen atoms in total. The number of ether oxygens (including phenoxy) is 1. The van der Waals surface area contributed by atoms with Crippen LogP contribution in [0.4, 0.5) is 15.2 Å². The van der Waals surface area contributed by atoms with Gasteiger partial charge in [-0.1, -0.05) is 55.8 Å². The van der Waals surface area contributed by atoms with Crippen LogP contribution in [-0.2, 0) is 6.42 Å². The lowest BCUT2D eigenvalue weighted by Crippen LogP contribution is -2.26. The van der Waals surface area contributed by atoms with E-state index in [1.54, 1.807) is 36.4 Å². The smallest absolute Gasteiger partial charge is 0.267 e. The molecular formula is C27H25FN2O2S. The molecular weight excluding hydrogens is 435 g/mol. The van der Waals surface area contributed by atoms with Gasteiger partial charge in [0, 0.05) is 10.4 Å². The highest BCUT2D eigenvalue weighted by Gasteiger charge is 2.27. The average Bonchev–Trinajstić information content (AvgIpc) is 3.25. The molecule has 0 fully saturated rings. The first kappa shape index (κ1) is 22.7. The number of aromatic nitrogens is 1. The molecule has 0 spiro atoms. The van der Waals surface area contributed by atoms with Crippen molar-refractivity contribution in [2.75, 3.05) is 11.5 Å². The van der Waals surface area contributed by atoms with Crippen LogP contribution in [0.2, 0.25) is 0 Å². The van der Waals surface area contributed by atoms with Gasteiger partial charge in [0.2, 0.25) is 0 Å². The number of rotatable bonds is 8. The number of amides is 1. The first-order valence-corrected chi connectivity index (χ1v) is 11.8. The molecule has 0 saturated heterocycles. The first-order chi connectivity index (χ1) is 16.1. The summed E-state index contributed by atoms with van der Waals surface area (Å²) in [7, 11) is 0. The van der Waals surface area contributed by atoms with Crippen LogP contribution in [0, 0.1) is 5.82 Å². The lowest BCUT2D eigenvalue weighted by atomic mass is 10.1. The van der Waals surface area contributed by atoms with Crippen LogP contribution in [0.25, 0.3) is 11.3 Å². The summed E-state index contributed by atoms with van der Waals surface area (Å²) >= 11 is 1.47. The summed E-state index contributed by atoms with van der Waals surface area (Å²) < 4.78 is 20.1. The molecule has 0 aliphatic carbocycles. The van der Waals surface area contributed by atoms with Gasteiger partial charge < -0.3 is 4.74 Å². The first-order valence-electron chi connectivity index (χ1n) is 11.0. The minimum absolute atomic E-state index is 0.000104. The van der Waals surface area contributed by atoms with E-state index in [4.69, 9.17) is 9.72 Å².